The molecule has 4 heteroatoms. The largest absolute Gasteiger partial charge is 0.497 e. The normalized spacial score (nSPS) is 20.4. The van der Waals surface area contributed by atoms with Crippen molar-refractivity contribution >= 4 is 0 Å². The number of rotatable bonds is 5. The van der Waals surface area contributed by atoms with Crippen molar-refractivity contribution in [3.05, 3.63) is 29.6 Å². The van der Waals surface area contributed by atoms with Crippen LogP contribution < -0.4 is 10.1 Å². The second kappa shape index (κ2) is 7.04. The van der Waals surface area contributed by atoms with E-state index in [1.807, 2.05) is 12.1 Å². The first-order valence-electron chi connectivity index (χ1n) is 7.37. The van der Waals surface area contributed by atoms with Crippen LogP contribution in [-0.4, -0.2) is 37.7 Å². The predicted octanol–water partition coefficient (Wildman–Crippen LogP) is 2.65. The van der Waals surface area contributed by atoms with Crippen LogP contribution >= 0.6 is 0 Å². The first-order valence-corrected chi connectivity index (χ1v) is 7.37. The van der Waals surface area contributed by atoms with Crippen LogP contribution in [0.25, 0.3) is 0 Å². The monoisotopic (exact) mass is 280 g/mol. The van der Waals surface area contributed by atoms with Crippen LogP contribution in [0.4, 0.5) is 4.39 Å². The van der Waals surface area contributed by atoms with Crippen LogP contribution in [0.5, 0.6) is 5.75 Å². The molecule has 112 valence electrons. The third-order valence-corrected chi connectivity index (χ3v) is 3.85. The molecular weight excluding hydrogens is 255 g/mol. The van der Waals surface area contributed by atoms with Crippen molar-refractivity contribution in [1.29, 1.82) is 0 Å². The average molecular weight is 280 g/mol. The number of ether oxygens (including phenoxy) is 1. The Kier molecular flexibility index (Phi) is 5.38. The van der Waals surface area contributed by atoms with E-state index in [2.05, 4.69) is 24.1 Å². The van der Waals surface area contributed by atoms with Gasteiger partial charge in [0.25, 0.3) is 0 Å². The summed E-state index contributed by atoms with van der Waals surface area (Å²) < 4.78 is 19.1. The fourth-order valence-corrected chi connectivity index (χ4v) is 2.79. The molecule has 0 aliphatic carbocycles. The Hall–Kier alpha value is -1.13. The number of halogens is 1. The van der Waals surface area contributed by atoms with Gasteiger partial charge < -0.3 is 10.1 Å². The molecule has 0 aromatic heterocycles. The molecule has 2 rings (SSSR count). The van der Waals surface area contributed by atoms with Gasteiger partial charge in [-0.25, -0.2) is 4.39 Å². The molecule has 0 spiro atoms. The minimum Gasteiger partial charge on any atom is -0.497 e. The van der Waals surface area contributed by atoms with Crippen molar-refractivity contribution in [1.82, 2.24) is 10.2 Å². The van der Waals surface area contributed by atoms with Crippen molar-refractivity contribution in [2.24, 2.45) is 5.92 Å². The lowest BCUT2D eigenvalue weighted by Gasteiger charge is -2.37. The third-order valence-electron chi connectivity index (χ3n) is 3.85. The van der Waals surface area contributed by atoms with E-state index in [-0.39, 0.29) is 5.82 Å². The number of methoxy groups -OCH3 is 1. The average Bonchev–Trinajstić information content (AvgIpc) is 2.42. The number of benzene rings is 1. The lowest BCUT2D eigenvalue weighted by molar-refractivity contribution is 0.132. The Labute approximate surface area is 121 Å². The first kappa shape index (κ1) is 15.3. The SMILES string of the molecule is COc1ccc(CN2CCNCC2CC(C)C)c(F)c1. The summed E-state index contributed by atoms with van der Waals surface area (Å²) in [6, 6.07) is 5.63. The highest BCUT2D eigenvalue weighted by Gasteiger charge is 2.23. The molecule has 0 radical (unpaired) electrons. The van der Waals surface area contributed by atoms with Gasteiger partial charge in [0.1, 0.15) is 11.6 Å². The number of piperazine rings is 1. The van der Waals surface area contributed by atoms with Crippen LogP contribution in [0.1, 0.15) is 25.8 Å². The summed E-state index contributed by atoms with van der Waals surface area (Å²) in [6.07, 6.45) is 1.14. The molecule has 0 amide bonds. The zero-order chi connectivity index (χ0) is 14.5. The van der Waals surface area contributed by atoms with E-state index in [9.17, 15) is 4.39 Å². The van der Waals surface area contributed by atoms with Gasteiger partial charge in [0.05, 0.1) is 7.11 Å². The quantitative estimate of drug-likeness (QED) is 0.897. The summed E-state index contributed by atoms with van der Waals surface area (Å²) in [7, 11) is 1.56. The second-order valence-electron chi connectivity index (χ2n) is 5.92. The third kappa shape index (κ3) is 3.93. The van der Waals surface area contributed by atoms with Gasteiger partial charge in [-0.05, 0) is 18.4 Å². The van der Waals surface area contributed by atoms with Crippen LogP contribution in [-0.2, 0) is 6.54 Å². The maximum Gasteiger partial charge on any atom is 0.131 e. The van der Waals surface area contributed by atoms with E-state index in [1.54, 1.807) is 7.11 Å². The minimum absolute atomic E-state index is 0.175. The minimum atomic E-state index is -0.175. The molecule has 0 saturated carbocycles. The van der Waals surface area contributed by atoms with Crippen molar-refractivity contribution < 1.29 is 9.13 Å². The smallest absolute Gasteiger partial charge is 0.131 e. The van der Waals surface area contributed by atoms with Gasteiger partial charge in [0, 0.05) is 43.9 Å². The summed E-state index contributed by atoms with van der Waals surface area (Å²) in [5.74, 6) is 1.06. The molecule has 1 aromatic carbocycles. The second-order valence-corrected chi connectivity index (χ2v) is 5.92. The van der Waals surface area contributed by atoms with Gasteiger partial charge in [0.15, 0.2) is 0 Å². The fraction of sp³-hybridized carbons (Fsp3) is 0.625. The van der Waals surface area contributed by atoms with E-state index in [1.165, 1.54) is 6.07 Å². The van der Waals surface area contributed by atoms with E-state index in [0.717, 1.165) is 31.6 Å². The van der Waals surface area contributed by atoms with Crippen LogP contribution in [0, 0.1) is 11.7 Å². The van der Waals surface area contributed by atoms with Gasteiger partial charge in [0.2, 0.25) is 0 Å². The van der Waals surface area contributed by atoms with Gasteiger partial charge >= 0.3 is 0 Å². The predicted molar refractivity (Wildman–Crippen MR) is 79.5 cm³/mol. The molecule has 1 aromatic rings. The van der Waals surface area contributed by atoms with Gasteiger partial charge in [-0.2, -0.15) is 0 Å². The Balaban J connectivity index is 2.06. The zero-order valence-electron chi connectivity index (χ0n) is 12.7. The first-order chi connectivity index (χ1) is 9.60. The van der Waals surface area contributed by atoms with Gasteiger partial charge in [-0.15, -0.1) is 0 Å². The zero-order valence-corrected chi connectivity index (χ0v) is 12.7. The molecule has 1 saturated heterocycles. The van der Waals surface area contributed by atoms with Gasteiger partial charge in [-0.1, -0.05) is 19.9 Å². The van der Waals surface area contributed by atoms with Crippen molar-refractivity contribution in [3.63, 3.8) is 0 Å². The molecule has 1 heterocycles. The highest BCUT2D eigenvalue weighted by atomic mass is 19.1. The number of nitrogens with zero attached hydrogens (tertiary/aromatic N) is 1. The molecular formula is C16H25FN2O. The fourth-order valence-electron chi connectivity index (χ4n) is 2.79. The molecule has 1 atom stereocenters. The van der Waals surface area contributed by atoms with Crippen molar-refractivity contribution in [2.45, 2.75) is 32.9 Å². The van der Waals surface area contributed by atoms with E-state index in [0.29, 0.717) is 24.3 Å². The summed E-state index contributed by atoms with van der Waals surface area (Å²) in [5.41, 5.74) is 0.751. The Morgan fingerprint density at radius 3 is 2.90 bits per heavy atom. The molecule has 0 bridgehead atoms. The van der Waals surface area contributed by atoms with Crippen molar-refractivity contribution in [3.8, 4) is 5.75 Å². The van der Waals surface area contributed by atoms with E-state index in [4.69, 9.17) is 4.74 Å². The van der Waals surface area contributed by atoms with E-state index >= 15 is 0 Å². The Morgan fingerprint density at radius 1 is 1.45 bits per heavy atom. The van der Waals surface area contributed by atoms with Crippen molar-refractivity contribution in [2.75, 3.05) is 26.7 Å². The molecule has 1 aliphatic rings. The Morgan fingerprint density at radius 2 is 2.25 bits per heavy atom. The van der Waals surface area contributed by atoms with Gasteiger partial charge in [-0.3, -0.25) is 4.90 Å². The molecule has 20 heavy (non-hydrogen) atoms. The molecule has 1 fully saturated rings. The Bertz CT molecular complexity index is 436. The topological polar surface area (TPSA) is 24.5 Å². The maximum absolute atomic E-state index is 14.1. The van der Waals surface area contributed by atoms with Crippen LogP contribution in [0.3, 0.4) is 0 Å². The van der Waals surface area contributed by atoms with E-state index < -0.39 is 0 Å². The number of hydrogen-bond acceptors (Lipinski definition) is 3. The highest BCUT2D eigenvalue weighted by molar-refractivity contribution is 5.28. The lowest BCUT2D eigenvalue weighted by Crippen LogP contribution is -2.51. The van der Waals surface area contributed by atoms with Crippen LogP contribution in [0.15, 0.2) is 18.2 Å². The van der Waals surface area contributed by atoms with Crippen LogP contribution in [0.2, 0.25) is 0 Å². The summed E-state index contributed by atoms with van der Waals surface area (Å²) in [6.45, 7) is 8.10. The maximum atomic E-state index is 14.1. The standard InChI is InChI=1S/C16H25FN2O/c1-12(2)8-14-10-18-6-7-19(14)11-13-4-5-15(20-3)9-16(13)17/h4-5,9,12,14,18H,6-8,10-11H2,1-3H3. The number of nitrogens with one attached hydrogen (secondary N) is 1. The molecule has 1 N–H and O–H groups in total. The highest BCUT2D eigenvalue weighted by Crippen LogP contribution is 2.21. The lowest BCUT2D eigenvalue weighted by atomic mass is 10.00. The summed E-state index contributed by atoms with van der Waals surface area (Å²) in [5, 5.41) is 3.43. The summed E-state index contributed by atoms with van der Waals surface area (Å²) in [4.78, 5) is 2.39. The number of hydrogen-bond donors (Lipinski definition) is 1. The molecule has 1 unspecified atom stereocenters. The summed E-state index contributed by atoms with van der Waals surface area (Å²) >= 11 is 0. The molecule has 3 nitrogen and oxygen atoms in total. The molecule has 1 aliphatic heterocycles.